The van der Waals surface area contributed by atoms with Crippen molar-refractivity contribution in [3.05, 3.63) is 5.21 Å². The van der Waals surface area contributed by atoms with Gasteiger partial charge in [-0.3, -0.25) is 14.4 Å². The number of nitrogens with two attached hydrogens (primary N) is 1. The van der Waals surface area contributed by atoms with Crippen molar-refractivity contribution in [1.29, 1.82) is 0 Å². The summed E-state index contributed by atoms with van der Waals surface area (Å²) in [5, 5.41) is 20.3. The summed E-state index contributed by atoms with van der Waals surface area (Å²) < 4.78 is 0. The van der Waals surface area contributed by atoms with Crippen LogP contribution in [0.1, 0.15) is 27.2 Å². The molecule has 0 saturated carbocycles. The lowest BCUT2D eigenvalue weighted by molar-refractivity contribution is -1.05. The molecule has 0 heterocycles. The number of hydroxylamine groups is 2. The number of thioether (sulfide) groups is 1. The molecule has 0 spiro atoms. The van der Waals surface area contributed by atoms with Crippen LogP contribution in [-0.4, -0.2) is 40.5 Å². The smallest absolute Gasteiger partial charge is 0.240 e. The number of rotatable bonds is 8. The molecule has 2 amide bonds. The second-order valence-electron chi connectivity index (χ2n) is 5.03. The van der Waals surface area contributed by atoms with E-state index in [1.54, 1.807) is 13.8 Å². The van der Waals surface area contributed by atoms with Crippen LogP contribution in [0.2, 0.25) is 0 Å². The topological polar surface area (TPSA) is 137 Å². The highest BCUT2D eigenvalue weighted by Crippen LogP contribution is 2.27. The van der Waals surface area contributed by atoms with Crippen molar-refractivity contribution in [2.24, 2.45) is 11.1 Å². The van der Waals surface area contributed by atoms with Crippen LogP contribution >= 0.6 is 11.8 Å². The van der Waals surface area contributed by atoms with Crippen LogP contribution in [0.5, 0.6) is 0 Å². The molecule has 0 fully saturated rings. The molecule has 0 aliphatic heterocycles. The number of quaternary nitrogens is 1. The van der Waals surface area contributed by atoms with Gasteiger partial charge in [-0.15, -0.1) is 0 Å². The van der Waals surface area contributed by atoms with Crippen LogP contribution in [0.25, 0.3) is 0 Å². The maximum atomic E-state index is 12.0. The molecule has 9 heteroatoms. The maximum Gasteiger partial charge on any atom is 0.240 e. The number of carbonyl (C=O) groups is 3. The zero-order valence-electron chi connectivity index (χ0n) is 11.8. The van der Waals surface area contributed by atoms with Crippen molar-refractivity contribution in [2.75, 3.05) is 12.3 Å². The fourth-order valence-electron chi connectivity index (χ4n) is 1.32. The van der Waals surface area contributed by atoms with E-state index in [0.29, 0.717) is 0 Å². The van der Waals surface area contributed by atoms with Crippen molar-refractivity contribution in [3.8, 4) is 0 Å². The molecular weight excluding hydrogens is 286 g/mol. The molecule has 8 nitrogen and oxygen atoms in total. The van der Waals surface area contributed by atoms with E-state index < -0.39 is 28.5 Å². The van der Waals surface area contributed by atoms with E-state index in [-0.39, 0.29) is 23.8 Å². The first-order valence-corrected chi connectivity index (χ1v) is 7.00. The highest BCUT2D eigenvalue weighted by atomic mass is 32.2. The first-order valence-electron chi connectivity index (χ1n) is 6.01. The van der Waals surface area contributed by atoms with Gasteiger partial charge in [0.15, 0.2) is 5.12 Å². The van der Waals surface area contributed by atoms with Gasteiger partial charge in [-0.2, -0.15) is 0 Å². The van der Waals surface area contributed by atoms with E-state index in [0.717, 1.165) is 11.8 Å². The molecule has 2 unspecified atom stereocenters. The minimum atomic E-state index is -0.968. The van der Waals surface area contributed by atoms with Crippen molar-refractivity contribution >= 4 is 28.7 Å². The van der Waals surface area contributed by atoms with Gasteiger partial charge in [-0.05, 0) is 0 Å². The van der Waals surface area contributed by atoms with E-state index >= 15 is 0 Å². The number of amides is 2. The lowest BCUT2D eigenvalue weighted by atomic mass is 9.91. The third-order valence-corrected chi connectivity index (χ3v) is 3.93. The molecule has 5 N–H and O–H groups in total. The average molecular weight is 307 g/mol. The van der Waals surface area contributed by atoms with Crippen LogP contribution in [0.3, 0.4) is 0 Å². The first kappa shape index (κ1) is 18.8. The van der Waals surface area contributed by atoms with Gasteiger partial charge in [0.2, 0.25) is 11.8 Å². The summed E-state index contributed by atoms with van der Waals surface area (Å²) in [4.78, 5) is 34.0. The van der Waals surface area contributed by atoms with Gasteiger partial charge in [0.25, 0.3) is 0 Å². The normalized spacial score (nSPS) is 14.4. The average Bonchev–Trinajstić information content (AvgIpc) is 2.30. The van der Waals surface area contributed by atoms with E-state index in [2.05, 4.69) is 5.32 Å². The summed E-state index contributed by atoms with van der Waals surface area (Å²) in [6.45, 7) is 4.43. The van der Waals surface area contributed by atoms with Gasteiger partial charge in [0.05, 0.1) is 0 Å². The predicted molar refractivity (Wildman–Crippen MR) is 73.6 cm³/mol. The number of carbonyl (C=O) groups excluding carboxylic acids is 3. The Balaban J connectivity index is 4.43. The molecule has 0 rings (SSSR count). The molecule has 20 heavy (non-hydrogen) atoms. The Hall–Kier alpha value is -1.16. The lowest BCUT2D eigenvalue weighted by Crippen LogP contribution is -3.04. The predicted octanol–water partition coefficient (Wildman–Crippen LogP) is -1.58. The highest BCUT2D eigenvalue weighted by Gasteiger charge is 2.30. The molecule has 0 aliphatic carbocycles. The van der Waals surface area contributed by atoms with E-state index in [1.807, 2.05) is 0 Å². The van der Waals surface area contributed by atoms with Gasteiger partial charge < -0.3 is 16.3 Å². The third-order valence-electron chi connectivity index (χ3n) is 2.62. The second kappa shape index (κ2) is 8.20. The molecule has 0 aromatic heterocycles. The molecule has 0 saturated heterocycles. The zero-order chi connectivity index (χ0) is 15.9. The minimum Gasteiger partial charge on any atom is -0.600 e. The van der Waals surface area contributed by atoms with Crippen molar-refractivity contribution in [2.45, 2.75) is 33.2 Å². The van der Waals surface area contributed by atoms with E-state index in [9.17, 15) is 19.6 Å². The third kappa shape index (κ3) is 7.43. The van der Waals surface area contributed by atoms with Gasteiger partial charge in [0.1, 0.15) is 12.6 Å². The minimum absolute atomic E-state index is 0.0320. The Labute approximate surface area is 121 Å². The van der Waals surface area contributed by atoms with Crippen molar-refractivity contribution < 1.29 is 24.8 Å². The van der Waals surface area contributed by atoms with Crippen molar-refractivity contribution in [1.82, 2.24) is 5.32 Å². The lowest BCUT2D eigenvalue weighted by Gasteiger charge is -2.24. The zero-order valence-corrected chi connectivity index (χ0v) is 12.6. The fourth-order valence-corrected chi connectivity index (χ4v) is 2.37. The summed E-state index contributed by atoms with van der Waals surface area (Å²) in [6.07, 6.45) is 0.204. The summed E-state index contributed by atoms with van der Waals surface area (Å²) >= 11 is 0.866. The number of hydrogen-bond donors (Lipinski definition) is 4. The first-order chi connectivity index (χ1) is 9.06. The Morgan fingerprint density at radius 1 is 1.45 bits per heavy atom. The van der Waals surface area contributed by atoms with Crippen LogP contribution in [0.15, 0.2) is 0 Å². The quantitative estimate of drug-likeness (QED) is 0.400. The summed E-state index contributed by atoms with van der Waals surface area (Å²) in [6, 6.07) is -0.920. The Bertz CT molecular complexity index is 373. The molecule has 0 radical (unpaired) electrons. The van der Waals surface area contributed by atoms with Crippen LogP contribution in [0, 0.1) is 10.6 Å². The largest absolute Gasteiger partial charge is 0.600 e. The van der Waals surface area contributed by atoms with E-state index in [1.165, 1.54) is 6.92 Å². The number of primary amides is 1. The highest BCUT2D eigenvalue weighted by molar-refractivity contribution is 8.13. The van der Waals surface area contributed by atoms with Crippen LogP contribution in [0.4, 0.5) is 0 Å². The number of nitrogens with one attached hydrogen (secondary N) is 2. The molecule has 0 aromatic carbocycles. The Morgan fingerprint density at radius 2 is 2.00 bits per heavy atom. The molecular formula is C11H21N3O5S. The molecule has 116 valence electrons. The van der Waals surface area contributed by atoms with Gasteiger partial charge in [-0.1, -0.05) is 25.6 Å². The SMILES string of the molecule is CC(=O)NC(CSC(=O)C(C)(C)CC[NH+]([O-])O)C(N)=O. The molecule has 0 bridgehead atoms. The van der Waals surface area contributed by atoms with Crippen LogP contribution in [-0.2, 0) is 14.4 Å². The summed E-state index contributed by atoms with van der Waals surface area (Å²) in [5.74, 6) is -1.10. The standard InChI is InChI=1S/C11H21N3O5S/c1-7(15)13-8(9(12)16)6-20-10(17)11(2,3)4-5-14(18)19/h8,14,18H,4-6H2,1-3H3,(H2,12,16)(H,13,15). The maximum absolute atomic E-state index is 12.0. The molecule has 0 aliphatic rings. The molecule has 2 atom stereocenters. The van der Waals surface area contributed by atoms with Gasteiger partial charge in [0, 0.05) is 24.5 Å². The number of hydrogen-bond acceptors (Lipinski definition) is 6. The summed E-state index contributed by atoms with van der Waals surface area (Å²) in [5.41, 5.74) is 4.30. The molecule has 0 aromatic rings. The van der Waals surface area contributed by atoms with Gasteiger partial charge >= 0.3 is 0 Å². The van der Waals surface area contributed by atoms with E-state index in [4.69, 9.17) is 10.9 Å². The monoisotopic (exact) mass is 307 g/mol. The van der Waals surface area contributed by atoms with Gasteiger partial charge in [-0.25, -0.2) is 10.4 Å². The van der Waals surface area contributed by atoms with Crippen LogP contribution < -0.4 is 16.3 Å². The summed E-state index contributed by atoms with van der Waals surface area (Å²) in [7, 11) is 0. The fraction of sp³-hybridized carbons (Fsp3) is 0.727. The van der Waals surface area contributed by atoms with Crippen molar-refractivity contribution in [3.63, 3.8) is 0 Å². The second-order valence-corrected chi connectivity index (χ2v) is 6.02. The Kier molecular flexibility index (Phi) is 7.72. The Morgan fingerprint density at radius 3 is 2.40 bits per heavy atom.